The van der Waals surface area contributed by atoms with Crippen LogP contribution in [0.3, 0.4) is 0 Å². The largest absolute Gasteiger partial charge is 0.457 e. The Morgan fingerprint density at radius 1 is 0.860 bits per heavy atom. The zero-order chi connectivity index (χ0) is 30.7. The molecule has 4 rings (SSSR count). The Labute approximate surface area is 249 Å². The van der Waals surface area contributed by atoms with Gasteiger partial charge in [-0.2, -0.15) is 0 Å². The SMILES string of the molecule is O=C(COCc1ccccc1)N[C@H]1[C@H]([C@H](O)[C@H](O)CO)O[C@@](OCc2ccccc2)(C(=O)OCc2ccccc2)C[C@@H]1O. The molecule has 1 fully saturated rings. The van der Waals surface area contributed by atoms with Crippen molar-refractivity contribution in [2.24, 2.45) is 0 Å². The van der Waals surface area contributed by atoms with Crippen LogP contribution in [-0.4, -0.2) is 81.8 Å². The predicted molar refractivity (Wildman–Crippen MR) is 153 cm³/mol. The second-order valence-corrected chi connectivity index (χ2v) is 10.3. The molecule has 3 aromatic carbocycles. The number of nitrogens with one attached hydrogen (secondary N) is 1. The topological polar surface area (TPSA) is 164 Å². The zero-order valence-corrected chi connectivity index (χ0v) is 23.5. The second-order valence-electron chi connectivity index (χ2n) is 10.3. The van der Waals surface area contributed by atoms with Gasteiger partial charge in [-0.3, -0.25) is 4.79 Å². The van der Waals surface area contributed by atoms with Crippen molar-refractivity contribution in [3.8, 4) is 0 Å². The summed E-state index contributed by atoms with van der Waals surface area (Å²) in [5.74, 6) is -3.84. The second kappa shape index (κ2) is 15.7. The van der Waals surface area contributed by atoms with E-state index in [0.717, 1.165) is 5.56 Å². The van der Waals surface area contributed by atoms with Crippen molar-refractivity contribution in [2.45, 2.75) is 62.5 Å². The van der Waals surface area contributed by atoms with Crippen LogP contribution in [0.4, 0.5) is 0 Å². The van der Waals surface area contributed by atoms with Gasteiger partial charge in [0.25, 0.3) is 5.79 Å². The van der Waals surface area contributed by atoms with Gasteiger partial charge < -0.3 is 44.7 Å². The Hall–Kier alpha value is -3.68. The average molecular weight is 596 g/mol. The van der Waals surface area contributed by atoms with Crippen LogP contribution >= 0.6 is 0 Å². The van der Waals surface area contributed by atoms with E-state index in [1.807, 2.05) is 42.5 Å². The van der Waals surface area contributed by atoms with Crippen molar-refractivity contribution in [1.82, 2.24) is 5.32 Å². The Balaban J connectivity index is 1.53. The standard InChI is InChI=1S/C32H37NO10/c34-17-26(36)29(38)30-28(33-27(37)21-40-18-22-10-4-1-5-11-22)25(35)16-32(43-30,42-20-24-14-8-3-9-15-24)31(39)41-19-23-12-6-2-7-13-23/h1-15,25-26,28-30,34-36,38H,16-21H2,(H,33,37)/t25-,26+,28+,29+,30+,32+/m0/s1. The van der Waals surface area contributed by atoms with E-state index in [2.05, 4.69) is 5.32 Å². The van der Waals surface area contributed by atoms with Crippen LogP contribution in [0.2, 0.25) is 0 Å². The maximum Gasteiger partial charge on any atom is 0.367 e. The van der Waals surface area contributed by atoms with Crippen LogP contribution in [0.1, 0.15) is 23.1 Å². The maximum absolute atomic E-state index is 13.6. The maximum atomic E-state index is 13.6. The molecular formula is C32H37NO10. The number of hydrogen-bond donors (Lipinski definition) is 5. The lowest BCUT2D eigenvalue weighted by Crippen LogP contribution is -2.68. The summed E-state index contributed by atoms with van der Waals surface area (Å²) in [7, 11) is 0. The molecule has 11 nitrogen and oxygen atoms in total. The molecule has 0 aliphatic carbocycles. The first-order valence-corrected chi connectivity index (χ1v) is 13.9. The van der Waals surface area contributed by atoms with Gasteiger partial charge in [0, 0.05) is 6.42 Å². The molecule has 0 radical (unpaired) electrons. The molecule has 3 aromatic rings. The fourth-order valence-electron chi connectivity index (χ4n) is 4.70. The normalized spacial score (nSPS) is 23.2. The lowest BCUT2D eigenvalue weighted by Gasteiger charge is -2.47. The Kier molecular flexibility index (Phi) is 11.8. The Bertz CT molecular complexity index is 1280. The quantitative estimate of drug-likeness (QED) is 0.171. The highest BCUT2D eigenvalue weighted by atomic mass is 16.7. The zero-order valence-electron chi connectivity index (χ0n) is 23.5. The molecule has 230 valence electrons. The number of hydrogen-bond acceptors (Lipinski definition) is 10. The molecule has 0 bridgehead atoms. The van der Waals surface area contributed by atoms with Crippen LogP contribution in [0.5, 0.6) is 0 Å². The summed E-state index contributed by atoms with van der Waals surface area (Å²) in [5.41, 5.74) is 2.23. The molecule has 11 heteroatoms. The van der Waals surface area contributed by atoms with Gasteiger partial charge in [0.1, 0.15) is 31.5 Å². The van der Waals surface area contributed by atoms with Gasteiger partial charge in [0.05, 0.1) is 32.0 Å². The highest BCUT2D eigenvalue weighted by Gasteiger charge is 2.56. The minimum atomic E-state index is -2.23. The lowest BCUT2D eigenvalue weighted by atomic mass is 9.88. The molecular weight excluding hydrogens is 558 g/mol. The third-order valence-electron chi connectivity index (χ3n) is 7.00. The first-order valence-electron chi connectivity index (χ1n) is 13.9. The van der Waals surface area contributed by atoms with Gasteiger partial charge in [-0.1, -0.05) is 91.0 Å². The number of amides is 1. The number of aliphatic hydroxyl groups is 4. The number of esters is 1. The van der Waals surface area contributed by atoms with E-state index in [9.17, 15) is 30.0 Å². The molecule has 0 aromatic heterocycles. The summed E-state index contributed by atoms with van der Waals surface area (Å²) in [6.45, 7) is -1.31. The summed E-state index contributed by atoms with van der Waals surface area (Å²) < 4.78 is 23.1. The molecule has 1 aliphatic heterocycles. The third-order valence-corrected chi connectivity index (χ3v) is 7.00. The first-order chi connectivity index (χ1) is 20.8. The van der Waals surface area contributed by atoms with Gasteiger partial charge in [-0.05, 0) is 16.7 Å². The van der Waals surface area contributed by atoms with Crippen molar-refractivity contribution in [3.05, 3.63) is 108 Å². The fraction of sp³-hybridized carbons (Fsp3) is 0.375. The molecule has 0 spiro atoms. The minimum absolute atomic E-state index is 0.121. The summed E-state index contributed by atoms with van der Waals surface area (Å²) in [5, 5.41) is 44.6. The number of ether oxygens (including phenoxy) is 4. The molecule has 1 saturated heterocycles. The van der Waals surface area contributed by atoms with Gasteiger partial charge >= 0.3 is 5.97 Å². The predicted octanol–water partition coefficient (Wildman–Crippen LogP) is 1.21. The molecule has 6 atom stereocenters. The first kappa shape index (κ1) is 32.2. The Morgan fingerprint density at radius 2 is 1.40 bits per heavy atom. The molecule has 1 heterocycles. The highest BCUT2D eigenvalue weighted by Crippen LogP contribution is 2.35. The molecule has 0 unspecified atom stereocenters. The van der Waals surface area contributed by atoms with E-state index in [0.29, 0.717) is 11.1 Å². The van der Waals surface area contributed by atoms with Crippen LogP contribution in [0.15, 0.2) is 91.0 Å². The molecule has 1 amide bonds. The number of benzene rings is 3. The van der Waals surface area contributed by atoms with Crippen molar-refractivity contribution < 1.29 is 49.0 Å². The van der Waals surface area contributed by atoms with Crippen molar-refractivity contribution >= 4 is 11.9 Å². The molecule has 43 heavy (non-hydrogen) atoms. The highest BCUT2D eigenvalue weighted by molar-refractivity contribution is 5.79. The number of carbonyl (C=O) groups is 2. The van der Waals surface area contributed by atoms with Crippen LogP contribution in [-0.2, 0) is 48.4 Å². The number of aliphatic hydroxyl groups excluding tert-OH is 4. The lowest BCUT2D eigenvalue weighted by molar-refractivity contribution is -0.317. The van der Waals surface area contributed by atoms with Crippen LogP contribution in [0, 0.1) is 0 Å². The van der Waals surface area contributed by atoms with E-state index < -0.39 is 61.1 Å². The van der Waals surface area contributed by atoms with E-state index in [-0.39, 0.29) is 26.4 Å². The van der Waals surface area contributed by atoms with Gasteiger partial charge in [0.2, 0.25) is 5.91 Å². The van der Waals surface area contributed by atoms with E-state index >= 15 is 0 Å². The van der Waals surface area contributed by atoms with E-state index in [1.165, 1.54) is 0 Å². The average Bonchev–Trinajstić information content (AvgIpc) is 3.04. The van der Waals surface area contributed by atoms with Crippen molar-refractivity contribution in [2.75, 3.05) is 13.2 Å². The Morgan fingerprint density at radius 3 is 1.95 bits per heavy atom. The fourth-order valence-corrected chi connectivity index (χ4v) is 4.70. The summed E-state index contributed by atoms with van der Waals surface area (Å²) in [6.07, 6.45) is -7.13. The molecule has 0 saturated carbocycles. The van der Waals surface area contributed by atoms with Crippen LogP contribution < -0.4 is 5.32 Å². The molecule has 5 N–H and O–H groups in total. The monoisotopic (exact) mass is 595 g/mol. The number of rotatable bonds is 14. The number of carbonyl (C=O) groups excluding carboxylic acids is 2. The van der Waals surface area contributed by atoms with E-state index in [1.54, 1.807) is 48.5 Å². The van der Waals surface area contributed by atoms with Gasteiger partial charge in [0.15, 0.2) is 0 Å². The smallest absolute Gasteiger partial charge is 0.367 e. The minimum Gasteiger partial charge on any atom is -0.457 e. The summed E-state index contributed by atoms with van der Waals surface area (Å²) >= 11 is 0. The molecule has 1 aliphatic rings. The van der Waals surface area contributed by atoms with Crippen molar-refractivity contribution in [1.29, 1.82) is 0 Å². The van der Waals surface area contributed by atoms with Crippen molar-refractivity contribution in [3.63, 3.8) is 0 Å². The summed E-state index contributed by atoms with van der Waals surface area (Å²) in [6, 6.07) is 25.7. The van der Waals surface area contributed by atoms with Crippen LogP contribution in [0.25, 0.3) is 0 Å². The van der Waals surface area contributed by atoms with E-state index in [4.69, 9.17) is 18.9 Å². The van der Waals surface area contributed by atoms with Gasteiger partial charge in [-0.25, -0.2) is 4.79 Å². The summed E-state index contributed by atoms with van der Waals surface area (Å²) in [4.78, 5) is 26.4. The van der Waals surface area contributed by atoms with Gasteiger partial charge in [-0.15, -0.1) is 0 Å². The third kappa shape index (κ3) is 8.91.